The van der Waals surface area contributed by atoms with Crippen LogP contribution in [0.5, 0.6) is 0 Å². The molecule has 0 aliphatic carbocycles. The summed E-state index contributed by atoms with van der Waals surface area (Å²) in [5.41, 5.74) is 1.62. The van der Waals surface area contributed by atoms with Crippen LogP contribution in [0, 0.1) is 5.95 Å². The van der Waals surface area contributed by atoms with E-state index in [9.17, 15) is 4.39 Å². The van der Waals surface area contributed by atoms with E-state index in [1.54, 1.807) is 5.48 Å². The minimum Gasteiger partial charge on any atom is -0.291 e. The molecule has 3 nitrogen and oxygen atoms in total. The third-order valence-corrected chi connectivity index (χ3v) is 1.36. The maximum absolute atomic E-state index is 12.4. The second-order valence-electron chi connectivity index (χ2n) is 1.60. The second-order valence-corrected chi connectivity index (χ2v) is 2.52. The summed E-state index contributed by atoms with van der Waals surface area (Å²) in [7, 11) is 0. The fourth-order valence-corrected chi connectivity index (χ4v) is 0.832. The van der Waals surface area contributed by atoms with E-state index in [-0.39, 0.29) is 5.69 Å². The molecule has 2 N–H and O–H groups in total. The van der Waals surface area contributed by atoms with Crippen molar-refractivity contribution < 1.29 is 9.60 Å². The second kappa shape index (κ2) is 2.94. The predicted octanol–water partition coefficient (Wildman–Crippen LogP) is 1.78. The van der Waals surface area contributed by atoms with E-state index in [4.69, 9.17) is 5.21 Å². The lowest BCUT2D eigenvalue weighted by Gasteiger charge is -1.98. The highest BCUT2D eigenvalue weighted by atomic mass is 79.9. The van der Waals surface area contributed by atoms with E-state index in [1.165, 1.54) is 12.3 Å². The summed E-state index contributed by atoms with van der Waals surface area (Å²) in [6.45, 7) is 0. The Morgan fingerprint density at radius 1 is 1.70 bits per heavy atom. The maximum Gasteiger partial charge on any atom is 0.238 e. The van der Waals surface area contributed by atoms with Crippen molar-refractivity contribution >= 4 is 21.6 Å². The Morgan fingerprint density at radius 2 is 2.40 bits per heavy atom. The van der Waals surface area contributed by atoms with Crippen LogP contribution in [0.2, 0.25) is 0 Å². The van der Waals surface area contributed by atoms with Crippen LogP contribution in [-0.2, 0) is 0 Å². The standard InChI is InChI=1S/C5H4BrFN2O/c6-3-1-4(9-10)5(7)8-2-3/h1-2,9-10H. The molecule has 54 valence electrons. The van der Waals surface area contributed by atoms with Crippen molar-refractivity contribution in [3.63, 3.8) is 0 Å². The number of nitrogens with one attached hydrogen (secondary N) is 1. The summed E-state index contributed by atoms with van der Waals surface area (Å²) in [6, 6.07) is 1.38. The lowest BCUT2D eigenvalue weighted by atomic mass is 10.4. The summed E-state index contributed by atoms with van der Waals surface area (Å²) in [5, 5.41) is 8.29. The SMILES string of the molecule is ONc1cc(Br)cnc1F. The number of aromatic nitrogens is 1. The fourth-order valence-electron chi connectivity index (χ4n) is 0.501. The molecule has 5 heteroatoms. The summed E-state index contributed by atoms with van der Waals surface area (Å²) in [5.74, 6) is -0.731. The first-order valence-corrected chi connectivity index (χ1v) is 3.24. The smallest absolute Gasteiger partial charge is 0.238 e. The molecule has 1 rings (SSSR count). The molecule has 0 unspecified atom stereocenters. The van der Waals surface area contributed by atoms with Gasteiger partial charge in [-0.15, -0.1) is 0 Å². The van der Waals surface area contributed by atoms with E-state index in [2.05, 4.69) is 20.9 Å². The molecule has 0 fully saturated rings. The van der Waals surface area contributed by atoms with Crippen LogP contribution in [-0.4, -0.2) is 10.2 Å². The zero-order chi connectivity index (χ0) is 7.56. The Kier molecular flexibility index (Phi) is 2.18. The number of rotatable bonds is 1. The van der Waals surface area contributed by atoms with E-state index < -0.39 is 5.95 Å². The van der Waals surface area contributed by atoms with Gasteiger partial charge in [0.1, 0.15) is 5.69 Å². The van der Waals surface area contributed by atoms with E-state index in [0.717, 1.165) is 0 Å². The predicted molar refractivity (Wildman–Crippen MR) is 37.3 cm³/mol. The van der Waals surface area contributed by atoms with Crippen LogP contribution in [0.1, 0.15) is 0 Å². The van der Waals surface area contributed by atoms with Crippen molar-refractivity contribution in [2.24, 2.45) is 0 Å². The third kappa shape index (κ3) is 1.43. The molecular formula is C5H4BrFN2O. The molecule has 0 aromatic carbocycles. The number of hydrogen-bond donors (Lipinski definition) is 2. The molecule has 0 saturated heterocycles. The quantitative estimate of drug-likeness (QED) is 0.544. The summed E-state index contributed by atoms with van der Waals surface area (Å²) < 4.78 is 13.0. The molecule has 0 spiro atoms. The van der Waals surface area contributed by atoms with Gasteiger partial charge in [-0.2, -0.15) is 4.39 Å². The Morgan fingerprint density at radius 3 is 2.90 bits per heavy atom. The van der Waals surface area contributed by atoms with Gasteiger partial charge in [0, 0.05) is 10.7 Å². The van der Waals surface area contributed by atoms with Crippen molar-refractivity contribution in [1.29, 1.82) is 0 Å². The zero-order valence-corrected chi connectivity index (χ0v) is 6.39. The molecule has 10 heavy (non-hydrogen) atoms. The van der Waals surface area contributed by atoms with Crippen molar-refractivity contribution in [3.8, 4) is 0 Å². The number of anilines is 1. The van der Waals surface area contributed by atoms with Gasteiger partial charge in [0.05, 0.1) is 0 Å². The highest BCUT2D eigenvalue weighted by molar-refractivity contribution is 9.10. The summed E-state index contributed by atoms with van der Waals surface area (Å²) in [6.07, 6.45) is 1.30. The minimum atomic E-state index is -0.731. The molecule has 0 atom stereocenters. The van der Waals surface area contributed by atoms with Gasteiger partial charge in [0.25, 0.3) is 0 Å². The first-order chi connectivity index (χ1) is 4.74. The van der Waals surface area contributed by atoms with Crippen molar-refractivity contribution in [2.45, 2.75) is 0 Å². The first-order valence-electron chi connectivity index (χ1n) is 2.45. The van der Waals surface area contributed by atoms with Crippen molar-refractivity contribution in [3.05, 3.63) is 22.7 Å². The number of nitrogens with zero attached hydrogens (tertiary/aromatic N) is 1. The Balaban J connectivity index is 3.09. The molecule has 0 saturated carbocycles. The van der Waals surface area contributed by atoms with Gasteiger partial charge >= 0.3 is 0 Å². The van der Waals surface area contributed by atoms with Crippen molar-refractivity contribution in [1.82, 2.24) is 4.98 Å². The molecule has 1 aromatic rings. The lowest BCUT2D eigenvalue weighted by Crippen LogP contribution is -1.95. The van der Waals surface area contributed by atoms with Crippen LogP contribution >= 0.6 is 15.9 Å². The topological polar surface area (TPSA) is 45.1 Å². The van der Waals surface area contributed by atoms with Gasteiger partial charge in [-0.25, -0.2) is 4.98 Å². The highest BCUT2D eigenvalue weighted by Crippen LogP contribution is 2.16. The Hall–Kier alpha value is -0.680. The van der Waals surface area contributed by atoms with Crippen molar-refractivity contribution in [2.75, 3.05) is 5.48 Å². The van der Waals surface area contributed by atoms with Gasteiger partial charge in [-0.05, 0) is 22.0 Å². The van der Waals surface area contributed by atoms with Crippen LogP contribution in [0.3, 0.4) is 0 Å². The average molecular weight is 207 g/mol. The first kappa shape index (κ1) is 7.43. The molecule has 1 heterocycles. The summed E-state index contributed by atoms with van der Waals surface area (Å²) >= 11 is 3.06. The summed E-state index contributed by atoms with van der Waals surface area (Å²) in [4.78, 5) is 3.31. The average Bonchev–Trinajstić information content (AvgIpc) is 1.94. The number of pyridine rings is 1. The van der Waals surface area contributed by atoms with Gasteiger partial charge in [0.15, 0.2) is 0 Å². The molecule has 0 aliphatic heterocycles. The molecule has 0 radical (unpaired) electrons. The zero-order valence-electron chi connectivity index (χ0n) is 4.81. The normalized spacial score (nSPS) is 9.50. The Labute approximate surface area is 65.0 Å². The largest absolute Gasteiger partial charge is 0.291 e. The van der Waals surface area contributed by atoms with E-state index in [1.807, 2.05) is 0 Å². The van der Waals surface area contributed by atoms with Crippen LogP contribution in [0.15, 0.2) is 16.7 Å². The molecule has 0 aliphatic rings. The van der Waals surface area contributed by atoms with Gasteiger partial charge in [-0.3, -0.25) is 10.7 Å². The van der Waals surface area contributed by atoms with Crippen LogP contribution in [0.25, 0.3) is 0 Å². The molecular weight excluding hydrogens is 203 g/mol. The highest BCUT2D eigenvalue weighted by Gasteiger charge is 2.00. The number of hydrogen-bond acceptors (Lipinski definition) is 3. The van der Waals surface area contributed by atoms with Gasteiger partial charge in [-0.1, -0.05) is 0 Å². The fraction of sp³-hybridized carbons (Fsp3) is 0. The van der Waals surface area contributed by atoms with E-state index >= 15 is 0 Å². The van der Waals surface area contributed by atoms with Crippen LogP contribution < -0.4 is 5.48 Å². The molecule has 1 aromatic heterocycles. The lowest BCUT2D eigenvalue weighted by molar-refractivity contribution is 0.382. The maximum atomic E-state index is 12.4. The number of halogens is 2. The molecule has 0 bridgehead atoms. The molecule has 0 amide bonds. The van der Waals surface area contributed by atoms with Crippen LogP contribution in [0.4, 0.5) is 10.1 Å². The van der Waals surface area contributed by atoms with Gasteiger partial charge in [0.2, 0.25) is 5.95 Å². The Bertz CT molecular complexity index is 243. The monoisotopic (exact) mass is 206 g/mol. The van der Waals surface area contributed by atoms with Gasteiger partial charge < -0.3 is 0 Å². The minimum absolute atomic E-state index is 0.0469. The van der Waals surface area contributed by atoms with E-state index in [0.29, 0.717) is 4.47 Å². The third-order valence-electron chi connectivity index (χ3n) is 0.926.